The number of hydrogen-bond acceptors (Lipinski definition) is 3. The van der Waals surface area contributed by atoms with Crippen molar-refractivity contribution in [3.05, 3.63) is 0 Å². The Morgan fingerprint density at radius 2 is 2.15 bits per heavy atom. The van der Waals surface area contributed by atoms with E-state index in [1.165, 1.54) is 6.42 Å². The average molecular weight is 185 g/mol. The number of imide groups is 1. The molecule has 2 unspecified atom stereocenters. The fourth-order valence-corrected chi connectivity index (χ4v) is 1.38. The van der Waals surface area contributed by atoms with Crippen molar-refractivity contribution in [2.45, 2.75) is 25.8 Å². The van der Waals surface area contributed by atoms with E-state index in [-0.39, 0.29) is 12.5 Å². The molecule has 0 heterocycles. The third-order valence-corrected chi connectivity index (χ3v) is 2.41. The van der Waals surface area contributed by atoms with Crippen LogP contribution in [-0.2, 0) is 4.79 Å². The van der Waals surface area contributed by atoms with Gasteiger partial charge in [0.25, 0.3) is 0 Å². The first kappa shape index (κ1) is 9.98. The van der Waals surface area contributed by atoms with Crippen molar-refractivity contribution in [2.24, 2.45) is 11.7 Å². The molecule has 0 saturated heterocycles. The van der Waals surface area contributed by atoms with E-state index >= 15 is 0 Å². The molecule has 4 N–H and O–H groups in total. The van der Waals surface area contributed by atoms with E-state index in [9.17, 15) is 9.59 Å². The number of amides is 3. The van der Waals surface area contributed by atoms with Crippen LogP contribution in [0.3, 0.4) is 0 Å². The number of carbonyl (C=O) groups excluding carboxylic acids is 2. The lowest BCUT2D eigenvalue weighted by atomic mass is 9.81. The molecule has 0 aromatic rings. The first-order valence-corrected chi connectivity index (χ1v) is 4.42. The van der Waals surface area contributed by atoms with Crippen LogP contribution >= 0.6 is 0 Å². The van der Waals surface area contributed by atoms with Crippen LogP contribution in [0.5, 0.6) is 0 Å². The van der Waals surface area contributed by atoms with Gasteiger partial charge in [-0.15, -0.1) is 0 Å². The molecule has 0 aromatic carbocycles. The number of hydrogen-bond donors (Lipinski definition) is 3. The largest absolute Gasteiger partial charge is 0.351 e. The van der Waals surface area contributed by atoms with Gasteiger partial charge in [-0.3, -0.25) is 10.1 Å². The summed E-state index contributed by atoms with van der Waals surface area (Å²) in [5.41, 5.74) is 4.77. The molecular weight excluding hydrogens is 170 g/mol. The molecule has 0 aliphatic heterocycles. The maximum Gasteiger partial charge on any atom is 0.318 e. The van der Waals surface area contributed by atoms with Crippen molar-refractivity contribution >= 4 is 11.9 Å². The van der Waals surface area contributed by atoms with Crippen LogP contribution in [0.25, 0.3) is 0 Å². The van der Waals surface area contributed by atoms with Crippen LogP contribution in [0.2, 0.25) is 0 Å². The van der Waals surface area contributed by atoms with E-state index in [0.717, 1.165) is 6.42 Å². The summed E-state index contributed by atoms with van der Waals surface area (Å²) < 4.78 is 0. The standard InChI is InChI=1S/C8H15N3O2/c1-5-2-3-6(5)10-4-7(12)11-8(9)13/h5-6,10H,2-4H2,1H3,(H3,9,11,12,13). The molecule has 3 amide bonds. The summed E-state index contributed by atoms with van der Waals surface area (Å²) >= 11 is 0. The minimum absolute atomic E-state index is 0.165. The number of rotatable bonds is 3. The van der Waals surface area contributed by atoms with Crippen molar-refractivity contribution < 1.29 is 9.59 Å². The highest BCUT2D eigenvalue weighted by Gasteiger charge is 2.26. The van der Waals surface area contributed by atoms with Gasteiger partial charge in [0, 0.05) is 6.04 Å². The van der Waals surface area contributed by atoms with Gasteiger partial charge in [0.2, 0.25) is 5.91 Å². The van der Waals surface area contributed by atoms with E-state index in [4.69, 9.17) is 5.73 Å². The van der Waals surface area contributed by atoms with Gasteiger partial charge in [-0.1, -0.05) is 6.92 Å². The third kappa shape index (κ3) is 3.02. The summed E-state index contributed by atoms with van der Waals surface area (Å²) in [6.07, 6.45) is 2.31. The van der Waals surface area contributed by atoms with Gasteiger partial charge in [-0.25, -0.2) is 4.79 Å². The van der Waals surface area contributed by atoms with Crippen molar-refractivity contribution in [3.63, 3.8) is 0 Å². The predicted molar refractivity (Wildman–Crippen MR) is 47.9 cm³/mol. The van der Waals surface area contributed by atoms with Crippen LogP contribution < -0.4 is 16.4 Å². The van der Waals surface area contributed by atoms with E-state index in [1.807, 2.05) is 5.32 Å². The Labute approximate surface area is 77.1 Å². The minimum atomic E-state index is -0.798. The molecule has 1 rings (SSSR count). The summed E-state index contributed by atoms with van der Waals surface area (Å²) in [4.78, 5) is 21.2. The Hall–Kier alpha value is -1.10. The molecule has 5 nitrogen and oxygen atoms in total. The highest BCUT2D eigenvalue weighted by Crippen LogP contribution is 2.25. The number of urea groups is 1. The number of nitrogens with two attached hydrogens (primary N) is 1. The second-order valence-corrected chi connectivity index (χ2v) is 3.45. The van der Waals surface area contributed by atoms with Gasteiger partial charge in [0.15, 0.2) is 0 Å². The van der Waals surface area contributed by atoms with Crippen LogP contribution in [0.4, 0.5) is 4.79 Å². The molecule has 5 heteroatoms. The lowest BCUT2D eigenvalue weighted by molar-refractivity contribution is -0.119. The smallest absolute Gasteiger partial charge is 0.318 e. The van der Waals surface area contributed by atoms with Crippen LogP contribution in [0.1, 0.15) is 19.8 Å². The molecule has 1 fully saturated rings. The fourth-order valence-electron chi connectivity index (χ4n) is 1.38. The molecule has 0 bridgehead atoms. The molecule has 2 atom stereocenters. The number of nitrogens with one attached hydrogen (secondary N) is 2. The SMILES string of the molecule is CC1CCC1NCC(=O)NC(N)=O. The maximum absolute atomic E-state index is 10.9. The Morgan fingerprint density at radius 3 is 2.54 bits per heavy atom. The summed E-state index contributed by atoms with van der Waals surface area (Å²) in [5, 5.41) is 5.05. The monoisotopic (exact) mass is 185 g/mol. The van der Waals surface area contributed by atoms with Crippen molar-refractivity contribution in [1.29, 1.82) is 0 Å². The summed E-state index contributed by atoms with van der Waals surface area (Å²) in [6.45, 7) is 2.30. The van der Waals surface area contributed by atoms with Gasteiger partial charge >= 0.3 is 6.03 Å². The molecule has 0 aromatic heterocycles. The van der Waals surface area contributed by atoms with Crippen molar-refractivity contribution in [1.82, 2.24) is 10.6 Å². The van der Waals surface area contributed by atoms with E-state index in [1.54, 1.807) is 0 Å². The molecule has 1 aliphatic carbocycles. The second kappa shape index (κ2) is 4.23. The molecule has 1 aliphatic rings. The Bertz CT molecular complexity index is 217. The predicted octanol–water partition coefficient (Wildman–Crippen LogP) is -0.431. The van der Waals surface area contributed by atoms with Crippen LogP contribution in [-0.4, -0.2) is 24.5 Å². The average Bonchev–Trinajstić information content (AvgIpc) is 2.00. The molecule has 13 heavy (non-hydrogen) atoms. The molecular formula is C8H15N3O2. The van der Waals surface area contributed by atoms with E-state index in [0.29, 0.717) is 12.0 Å². The van der Waals surface area contributed by atoms with Gasteiger partial charge < -0.3 is 11.1 Å². The zero-order valence-electron chi connectivity index (χ0n) is 7.67. The topological polar surface area (TPSA) is 84.2 Å². The quantitative estimate of drug-likeness (QED) is 0.557. The first-order chi connectivity index (χ1) is 6.09. The third-order valence-electron chi connectivity index (χ3n) is 2.41. The minimum Gasteiger partial charge on any atom is -0.351 e. The highest BCUT2D eigenvalue weighted by molar-refractivity contribution is 5.94. The van der Waals surface area contributed by atoms with Crippen LogP contribution in [0.15, 0.2) is 0 Å². The Balaban J connectivity index is 2.11. The molecule has 1 saturated carbocycles. The van der Waals surface area contributed by atoms with E-state index in [2.05, 4.69) is 12.2 Å². The zero-order valence-corrected chi connectivity index (χ0v) is 7.67. The number of primary amides is 1. The van der Waals surface area contributed by atoms with Gasteiger partial charge in [0.1, 0.15) is 0 Å². The van der Waals surface area contributed by atoms with Gasteiger partial charge in [-0.05, 0) is 18.8 Å². The molecule has 0 spiro atoms. The molecule has 74 valence electrons. The van der Waals surface area contributed by atoms with Crippen LogP contribution in [0, 0.1) is 5.92 Å². The van der Waals surface area contributed by atoms with Crippen molar-refractivity contribution in [2.75, 3.05) is 6.54 Å². The lowest BCUT2D eigenvalue weighted by Crippen LogP contribution is -2.48. The van der Waals surface area contributed by atoms with Gasteiger partial charge in [0.05, 0.1) is 6.54 Å². The summed E-state index contributed by atoms with van der Waals surface area (Å²) in [5.74, 6) is 0.257. The second-order valence-electron chi connectivity index (χ2n) is 3.45. The number of carbonyl (C=O) groups is 2. The summed E-state index contributed by atoms with van der Waals surface area (Å²) in [7, 11) is 0. The van der Waals surface area contributed by atoms with Crippen molar-refractivity contribution in [3.8, 4) is 0 Å². The van der Waals surface area contributed by atoms with Gasteiger partial charge in [-0.2, -0.15) is 0 Å². The normalized spacial score (nSPS) is 26.2. The molecule has 0 radical (unpaired) electrons. The maximum atomic E-state index is 10.9. The first-order valence-electron chi connectivity index (χ1n) is 4.42. The highest BCUT2D eigenvalue weighted by atomic mass is 16.2. The zero-order chi connectivity index (χ0) is 9.84. The lowest BCUT2D eigenvalue weighted by Gasteiger charge is -2.34. The van der Waals surface area contributed by atoms with E-state index < -0.39 is 6.03 Å². The Morgan fingerprint density at radius 1 is 1.46 bits per heavy atom. The summed E-state index contributed by atoms with van der Waals surface area (Å²) in [6, 6.07) is -0.382. The Kier molecular flexibility index (Phi) is 3.25. The fraction of sp³-hybridized carbons (Fsp3) is 0.750.